The zero-order valence-corrected chi connectivity index (χ0v) is 9.01. The zero-order chi connectivity index (χ0) is 10.7. The van der Waals surface area contributed by atoms with Crippen LogP contribution >= 0.6 is 15.9 Å². The van der Waals surface area contributed by atoms with Crippen LogP contribution in [0.5, 0.6) is 0 Å². The SMILES string of the molecule is Cc1ccc(F)c(/C=C/C(=O)O)c1Br. The normalized spacial score (nSPS) is 10.8. The average Bonchev–Trinajstić information content (AvgIpc) is 2.11. The molecule has 0 saturated carbocycles. The van der Waals surface area contributed by atoms with Crippen LogP contribution < -0.4 is 0 Å². The number of carboxylic acids is 1. The Morgan fingerprint density at radius 3 is 2.79 bits per heavy atom. The number of aryl methyl sites for hydroxylation is 1. The van der Waals surface area contributed by atoms with E-state index in [4.69, 9.17) is 5.11 Å². The van der Waals surface area contributed by atoms with Crippen LogP contribution in [0.4, 0.5) is 4.39 Å². The Morgan fingerprint density at radius 2 is 2.21 bits per heavy atom. The van der Waals surface area contributed by atoms with Gasteiger partial charge in [0.1, 0.15) is 5.82 Å². The maximum Gasteiger partial charge on any atom is 0.328 e. The Morgan fingerprint density at radius 1 is 1.57 bits per heavy atom. The summed E-state index contributed by atoms with van der Waals surface area (Å²) < 4.78 is 13.8. The highest BCUT2D eigenvalue weighted by Crippen LogP contribution is 2.24. The summed E-state index contributed by atoms with van der Waals surface area (Å²) in [4.78, 5) is 10.3. The lowest BCUT2D eigenvalue weighted by Crippen LogP contribution is -1.90. The van der Waals surface area contributed by atoms with Gasteiger partial charge in [-0.05, 0) is 40.6 Å². The molecule has 0 bridgehead atoms. The fourth-order valence-corrected chi connectivity index (χ4v) is 1.44. The van der Waals surface area contributed by atoms with Gasteiger partial charge in [-0.1, -0.05) is 6.07 Å². The fraction of sp³-hybridized carbons (Fsp3) is 0.100. The van der Waals surface area contributed by atoms with Crippen molar-refractivity contribution in [1.82, 2.24) is 0 Å². The third-order valence-electron chi connectivity index (χ3n) is 1.71. The second-order valence-electron chi connectivity index (χ2n) is 2.76. The monoisotopic (exact) mass is 258 g/mol. The van der Waals surface area contributed by atoms with Crippen molar-refractivity contribution in [1.29, 1.82) is 0 Å². The summed E-state index contributed by atoms with van der Waals surface area (Å²) in [6.07, 6.45) is 2.14. The van der Waals surface area contributed by atoms with E-state index >= 15 is 0 Å². The van der Waals surface area contributed by atoms with Crippen molar-refractivity contribution in [2.75, 3.05) is 0 Å². The summed E-state index contributed by atoms with van der Waals surface area (Å²) in [5.74, 6) is -1.54. The molecule has 74 valence electrons. The van der Waals surface area contributed by atoms with Gasteiger partial charge in [0, 0.05) is 16.1 Å². The van der Waals surface area contributed by atoms with Crippen molar-refractivity contribution < 1.29 is 14.3 Å². The van der Waals surface area contributed by atoms with E-state index in [9.17, 15) is 9.18 Å². The summed E-state index contributed by atoms with van der Waals surface area (Å²) in [5, 5.41) is 8.40. The van der Waals surface area contributed by atoms with E-state index < -0.39 is 11.8 Å². The molecule has 4 heteroatoms. The predicted octanol–water partition coefficient (Wildman–Crippen LogP) is 2.99. The van der Waals surface area contributed by atoms with Crippen molar-refractivity contribution in [3.63, 3.8) is 0 Å². The van der Waals surface area contributed by atoms with Gasteiger partial charge in [0.25, 0.3) is 0 Å². The first-order valence-electron chi connectivity index (χ1n) is 3.88. The van der Waals surface area contributed by atoms with E-state index in [-0.39, 0.29) is 5.56 Å². The Kier molecular flexibility index (Phi) is 3.41. The van der Waals surface area contributed by atoms with E-state index in [2.05, 4.69) is 15.9 Å². The molecular formula is C10H8BrFO2. The number of carbonyl (C=O) groups is 1. The van der Waals surface area contributed by atoms with E-state index in [0.29, 0.717) is 4.47 Å². The van der Waals surface area contributed by atoms with Gasteiger partial charge < -0.3 is 5.11 Å². The third-order valence-corrected chi connectivity index (χ3v) is 2.76. The van der Waals surface area contributed by atoms with E-state index in [1.807, 2.05) is 6.92 Å². The van der Waals surface area contributed by atoms with Crippen molar-refractivity contribution in [2.45, 2.75) is 6.92 Å². The first kappa shape index (κ1) is 10.9. The van der Waals surface area contributed by atoms with Crippen molar-refractivity contribution in [3.8, 4) is 0 Å². The maximum absolute atomic E-state index is 13.2. The maximum atomic E-state index is 13.2. The van der Waals surface area contributed by atoms with Crippen LogP contribution in [0, 0.1) is 12.7 Å². The van der Waals surface area contributed by atoms with E-state index in [1.54, 1.807) is 6.07 Å². The second kappa shape index (κ2) is 4.37. The number of halogens is 2. The van der Waals surface area contributed by atoms with Crippen LogP contribution in [0.15, 0.2) is 22.7 Å². The molecule has 0 radical (unpaired) electrons. The molecule has 1 aromatic rings. The molecule has 0 aliphatic rings. The summed E-state index contributed by atoms with van der Waals surface area (Å²) in [6, 6.07) is 2.93. The molecule has 14 heavy (non-hydrogen) atoms. The molecule has 0 aliphatic heterocycles. The van der Waals surface area contributed by atoms with Gasteiger partial charge in [0.15, 0.2) is 0 Å². The minimum Gasteiger partial charge on any atom is -0.478 e. The highest BCUT2D eigenvalue weighted by molar-refractivity contribution is 9.10. The highest BCUT2D eigenvalue weighted by Gasteiger charge is 2.06. The lowest BCUT2D eigenvalue weighted by Gasteiger charge is -2.03. The van der Waals surface area contributed by atoms with Crippen molar-refractivity contribution in [3.05, 3.63) is 39.6 Å². The van der Waals surface area contributed by atoms with Gasteiger partial charge in [-0.15, -0.1) is 0 Å². The Labute approximate surface area is 89.2 Å². The topological polar surface area (TPSA) is 37.3 Å². The lowest BCUT2D eigenvalue weighted by molar-refractivity contribution is -0.131. The van der Waals surface area contributed by atoms with Crippen molar-refractivity contribution in [2.24, 2.45) is 0 Å². The van der Waals surface area contributed by atoms with Crippen molar-refractivity contribution >= 4 is 28.0 Å². The molecule has 0 unspecified atom stereocenters. The molecule has 0 aliphatic carbocycles. The smallest absolute Gasteiger partial charge is 0.328 e. The highest BCUT2D eigenvalue weighted by atomic mass is 79.9. The van der Waals surface area contributed by atoms with Crippen LogP contribution in [0.2, 0.25) is 0 Å². The largest absolute Gasteiger partial charge is 0.478 e. The van der Waals surface area contributed by atoms with Crippen LogP contribution in [0.3, 0.4) is 0 Å². The van der Waals surface area contributed by atoms with Crippen LogP contribution in [-0.2, 0) is 4.79 Å². The Bertz CT molecular complexity index is 399. The van der Waals surface area contributed by atoms with Crippen LogP contribution in [-0.4, -0.2) is 11.1 Å². The number of aliphatic carboxylic acids is 1. The minimum absolute atomic E-state index is 0.257. The molecule has 0 heterocycles. The van der Waals surface area contributed by atoms with Crippen LogP contribution in [0.1, 0.15) is 11.1 Å². The number of benzene rings is 1. The van der Waals surface area contributed by atoms with Gasteiger partial charge in [0.05, 0.1) is 0 Å². The minimum atomic E-state index is -1.10. The standard InChI is InChI=1S/C10H8BrFO2/c1-6-2-4-8(12)7(10(6)11)3-5-9(13)14/h2-5H,1H3,(H,13,14)/b5-3+. The third kappa shape index (κ3) is 2.42. The molecule has 0 aromatic heterocycles. The average molecular weight is 259 g/mol. The summed E-state index contributed by atoms with van der Waals surface area (Å²) in [6.45, 7) is 1.81. The van der Waals surface area contributed by atoms with E-state index in [1.165, 1.54) is 12.1 Å². The number of rotatable bonds is 2. The molecule has 0 fully saturated rings. The number of carboxylic acid groups (broad SMARTS) is 1. The Hall–Kier alpha value is -1.16. The molecule has 0 amide bonds. The molecule has 0 atom stereocenters. The zero-order valence-electron chi connectivity index (χ0n) is 7.42. The summed E-state index contributed by atoms with van der Waals surface area (Å²) >= 11 is 3.20. The quantitative estimate of drug-likeness (QED) is 0.829. The first-order chi connectivity index (χ1) is 6.52. The molecule has 1 aromatic carbocycles. The van der Waals surface area contributed by atoms with Gasteiger partial charge in [-0.25, -0.2) is 9.18 Å². The molecule has 0 saturated heterocycles. The summed E-state index contributed by atoms with van der Waals surface area (Å²) in [7, 11) is 0. The van der Waals surface area contributed by atoms with Gasteiger partial charge >= 0.3 is 5.97 Å². The van der Waals surface area contributed by atoms with Crippen LogP contribution in [0.25, 0.3) is 6.08 Å². The molecule has 2 nitrogen and oxygen atoms in total. The first-order valence-corrected chi connectivity index (χ1v) is 4.67. The molecule has 1 rings (SSSR count). The van der Waals surface area contributed by atoms with Gasteiger partial charge in [-0.3, -0.25) is 0 Å². The van der Waals surface area contributed by atoms with Gasteiger partial charge in [-0.2, -0.15) is 0 Å². The predicted molar refractivity (Wildman–Crippen MR) is 55.5 cm³/mol. The number of hydrogen-bond donors (Lipinski definition) is 1. The van der Waals surface area contributed by atoms with E-state index in [0.717, 1.165) is 11.6 Å². The fourth-order valence-electron chi connectivity index (χ4n) is 0.986. The van der Waals surface area contributed by atoms with Gasteiger partial charge in [0.2, 0.25) is 0 Å². The Balaban J connectivity index is 3.19. The second-order valence-corrected chi connectivity index (χ2v) is 3.56. The summed E-state index contributed by atoms with van der Waals surface area (Å²) in [5.41, 5.74) is 1.11. The molecular weight excluding hydrogens is 251 g/mol. The lowest BCUT2D eigenvalue weighted by atomic mass is 10.1. The number of hydrogen-bond acceptors (Lipinski definition) is 1. The molecule has 1 N–H and O–H groups in total. The molecule has 0 spiro atoms.